The smallest absolute Gasteiger partial charge is 0.154 e. The number of carbonyl (C=O) groups excluding carboxylic acids is 1. The second-order valence-corrected chi connectivity index (χ2v) is 5.98. The van der Waals surface area contributed by atoms with E-state index in [0.717, 1.165) is 22.2 Å². The van der Waals surface area contributed by atoms with Crippen LogP contribution in [0.2, 0.25) is 0 Å². The summed E-state index contributed by atoms with van der Waals surface area (Å²) >= 11 is 3.47. The maximum atomic E-state index is 12.1. The van der Waals surface area contributed by atoms with Gasteiger partial charge in [-0.15, -0.1) is 0 Å². The Kier molecular flexibility index (Phi) is 4.07. The molecule has 0 aromatic heterocycles. The van der Waals surface area contributed by atoms with E-state index in [9.17, 15) is 4.79 Å². The van der Waals surface area contributed by atoms with Crippen LogP contribution in [-0.2, 0) is 17.6 Å². The van der Waals surface area contributed by atoms with Gasteiger partial charge in [-0.3, -0.25) is 4.79 Å². The van der Waals surface area contributed by atoms with E-state index in [-0.39, 0.29) is 11.7 Å². The van der Waals surface area contributed by atoms with Gasteiger partial charge in [0.05, 0.1) is 12.6 Å². The van der Waals surface area contributed by atoms with Gasteiger partial charge in [0.15, 0.2) is 5.78 Å². The van der Waals surface area contributed by atoms with Gasteiger partial charge in [-0.2, -0.15) is 0 Å². The predicted octanol–water partition coefficient (Wildman–Crippen LogP) is 2.48. The van der Waals surface area contributed by atoms with Crippen LogP contribution in [-0.4, -0.2) is 18.4 Å². The van der Waals surface area contributed by atoms with Gasteiger partial charge >= 0.3 is 0 Å². The molecule has 1 aromatic carbocycles. The van der Waals surface area contributed by atoms with E-state index in [0.29, 0.717) is 13.0 Å². The third-order valence-corrected chi connectivity index (χ3v) is 3.74. The zero-order valence-corrected chi connectivity index (χ0v) is 12.3. The largest absolute Gasteiger partial charge is 0.493 e. The van der Waals surface area contributed by atoms with Gasteiger partial charge in [0.25, 0.3) is 0 Å². The van der Waals surface area contributed by atoms with Crippen LogP contribution in [0, 0.1) is 5.92 Å². The topological polar surface area (TPSA) is 52.3 Å². The van der Waals surface area contributed by atoms with Gasteiger partial charge in [0.2, 0.25) is 0 Å². The summed E-state index contributed by atoms with van der Waals surface area (Å²) in [6.45, 7) is 4.62. The van der Waals surface area contributed by atoms with Crippen molar-refractivity contribution in [1.82, 2.24) is 0 Å². The molecular weight excluding hydrogens is 294 g/mol. The van der Waals surface area contributed by atoms with Gasteiger partial charge in [-0.05, 0) is 23.6 Å². The lowest BCUT2D eigenvalue weighted by Gasteiger charge is -2.15. The van der Waals surface area contributed by atoms with Crippen molar-refractivity contribution in [1.29, 1.82) is 0 Å². The molecule has 1 heterocycles. The summed E-state index contributed by atoms with van der Waals surface area (Å²) in [7, 11) is 0. The monoisotopic (exact) mass is 311 g/mol. The van der Waals surface area contributed by atoms with E-state index in [1.165, 1.54) is 5.56 Å². The minimum absolute atomic E-state index is 0.0702. The highest BCUT2D eigenvalue weighted by Crippen LogP contribution is 2.33. The average molecular weight is 312 g/mol. The Labute approximate surface area is 116 Å². The fraction of sp³-hybridized carbons (Fsp3) is 0.500. The lowest BCUT2D eigenvalue weighted by Crippen LogP contribution is -2.36. The first-order valence-corrected chi connectivity index (χ1v) is 7.00. The molecular formula is C14H18BrNO2. The molecule has 0 fully saturated rings. The summed E-state index contributed by atoms with van der Waals surface area (Å²) in [6, 6.07) is 3.61. The maximum absolute atomic E-state index is 12.1. The zero-order valence-electron chi connectivity index (χ0n) is 10.7. The van der Waals surface area contributed by atoms with Crippen LogP contribution in [0.25, 0.3) is 0 Å². The van der Waals surface area contributed by atoms with Crippen molar-refractivity contribution in [2.45, 2.75) is 32.7 Å². The first-order valence-electron chi connectivity index (χ1n) is 6.21. The summed E-state index contributed by atoms with van der Waals surface area (Å²) in [4.78, 5) is 12.1. The highest BCUT2D eigenvalue weighted by Gasteiger charge is 2.22. The molecule has 2 N–H and O–H groups in total. The lowest BCUT2D eigenvalue weighted by atomic mass is 9.95. The fourth-order valence-corrected chi connectivity index (χ4v) is 2.71. The molecule has 0 saturated heterocycles. The molecule has 18 heavy (non-hydrogen) atoms. The van der Waals surface area contributed by atoms with Crippen molar-refractivity contribution in [2.24, 2.45) is 11.7 Å². The Morgan fingerprint density at radius 3 is 2.89 bits per heavy atom. The maximum Gasteiger partial charge on any atom is 0.154 e. The molecule has 1 aliphatic heterocycles. The van der Waals surface area contributed by atoms with Crippen LogP contribution in [0.3, 0.4) is 0 Å². The Morgan fingerprint density at radius 2 is 2.22 bits per heavy atom. The van der Waals surface area contributed by atoms with Gasteiger partial charge in [-0.1, -0.05) is 29.8 Å². The summed E-state index contributed by atoms with van der Waals surface area (Å²) in [5, 5.41) is 0. The first kappa shape index (κ1) is 13.6. The number of nitrogens with two attached hydrogens (primary N) is 1. The normalized spacial score (nSPS) is 15.4. The number of ketones is 1. The molecule has 0 spiro atoms. The van der Waals surface area contributed by atoms with E-state index in [4.69, 9.17) is 10.5 Å². The standard InChI is InChI=1S/C14H18BrNO2/c1-8(2)13(16)12(17)7-10-6-11(15)5-9-3-4-18-14(9)10/h5-6,8,13H,3-4,7,16H2,1-2H3. The summed E-state index contributed by atoms with van der Waals surface area (Å²) in [5.41, 5.74) is 8.00. The van der Waals surface area contributed by atoms with E-state index in [2.05, 4.69) is 22.0 Å². The Balaban J connectivity index is 2.22. The van der Waals surface area contributed by atoms with Crippen LogP contribution in [0.15, 0.2) is 16.6 Å². The highest BCUT2D eigenvalue weighted by atomic mass is 79.9. The van der Waals surface area contributed by atoms with Crippen molar-refractivity contribution in [3.05, 3.63) is 27.7 Å². The molecule has 1 unspecified atom stereocenters. The molecule has 1 aliphatic rings. The number of hydrogen-bond acceptors (Lipinski definition) is 3. The van der Waals surface area contributed by atoms with Crippen molar-refractivity contribution < 1.29 is 9.53 Å². The molecule has 2 rings (SSSR count). The summed E-state index contributed by atoms with van der Waals surface area (Å²) < 4.78 is 6.61. The summed E-state index contributed by atoms with van der Waals surface area (Å²) in [5.74, 6) is 1.11. The number of halogens is 1. The summed E-state index contributed by atoms with van der Waals surface area (Å²) in [6.07, 6.45) is 1.26. The van der Waals surface area contributed by atoms with Gasteiger partial charge in [0, 0.05) is 22.9 Å². The number of benzene rings is 1. The van der Waals surface area contributed by atoms with E-state index >= 15 is 0 Å². The number of ether oxygens (including phenoxy) is 1. The SMILES string of the molecule is CC(C)C(N)C(=O)Cc1cc(Br)cc2c1OCC2. The molecule has 98 valence electrons. The highest BCUT2D eigenvalue weighted by molar-refractivity contribution is 9.10. The van der Waals surface area contributed by atoms with Crippen molar-refractivity contribution in [2.75, 3.05) is 6.61 Å². The molecule has 1 atom stereocenters. The molecule has 0 bridgehead atoms. The van der Waals surface area contributed by atoms with Gasteiger partial charge in [-0.25, -0.2) is 0 Å². The Hall–Kier alpha value is -0.870. The lowest BCUT2D eigenvalue weighted by molar-refractivity contribution is -0.120. The minimum atomic E-state index is -0.402. The Bertz CT molecular complexity index is 471. The van der Waals surface area contributed by atoms with E-state index < -0.39 is 6.04 Å². The van der Waals surface area contributed by atoms with Crippen molar-refractivity contribution in [3.8, 4) is 5.75 Å². The first-order chi connectivity index (χ1) is 8.49. The van der Waals surface area contributed by atoms with Crippen molar-refractivity contribution in [3.63, 3.8) is 0 Å². The number of hydrogen-bond donors (Lipinski definition) is 1. The second-order valence-electron chi connectivity index (χ2n) is 5.06. The van der Waals surface area contributed by atoms with E-state index in [1.54, 1.807) is 0 Å². The molecule has 0 radical (unpaired) electrons. The van der Waals surface area contributed by atoms with Gasteiger partial charge in [0.1, 0.15) is 5.75 Å². The van der Waals surface area contributed by atoms with Crippen LogP contribution >= 0.6 is 15.9 Å². The quantitative estimate of drug-likeness (QED) is 0.929. The van der Waals surface area contributed by atoms with Crippen LogP contribution < -0.4 is 10.5 Å². The number of carbonyl (C=O) groups is 1. The molecule has 0 saturated carbocycles. The Morgan fingerprint density at radius 1 is 1.50 bits per heavy atom. The van der Waals surface area contributed by atoms with Crippen LogP contribution in [0.4, 0.5) is 0 Å². The second kappa shape index (κ2) is 5.41. The zero-order chi connectivity index (χ0) is 13.3. The van der Waals surface area contributed by atoms with Crippen LogP contribution in [0.1, 0.15) is 25.0 Å². The van der Waals surface area contributed by atoms with Crippen LogP contribution in [0.5, 0.6) is 5.75 Å². The number of Topliss-reactive ketones (excluding diaryl/α,β-unsaturated/α-hetero) is 1. The van der Waals surface area contributed by atoms with Gasteiger partial charge < -0.3 is 10.5 Å². The molecule has 1 aromatic rings. The molecule has 3 nitrogen and oxygen atoms in total. The minimum Gasteiger partial charge on any atom is -0.493 e. The molecule has 4 heteroatoms. The average Bonchev–Trinajstić information content (AvgIpc) is 2.75. The predicted molar refractivity (Wildman–Crippen MR) is 74.9 cm³/mol. The van der Waals surface area contributed by atoms with Crippen molar-refractivity contribution >= 4 is 21.7 Å². The third-order valence-electron chi connectivity index (χ3n) is 3.28. The van der Waals surface area contributed by atoms with E-state index in [1.807, 2.05) is 19.9 Å². The number of fused-ring (bicyclic) bond motifs is 1. The molecule has 0 amide bonds. The third kappa shape index (κ3) is 2.75. The number of rotatable bonds is 4. The molecule has 0 aliphatic carbocycles. The fourth-order valence-electron chi connectivity index (χ4n) is 2.15.